The summed E-state index contributed by atoms with van der Waals surface area (Å²) in [6.45, 7) is 5.54. The van der Waals surface area contributed by atoms with E-state index in [0.29, 0.717) is 11.3 Å². The fourth-order valence-electron chi connectivity index (χ4n) is 1.98. The maximum Gasteiger partial charge on any atom is 0.235 e. The van der Waals surface area contributed by atoms with Crippen molar-refractivity contribution < 1.29 is 13.2 Å². The second-order valence-corrected chi connectivity index (χ2v) is 6.77. The van der Waals surface area contributed by atoms with Gasteiger partial charge in [-0.2, -0.15) is 0 Å². The molecule has 1 aromatic rings. The predicted octanol–water partition coefficient (Wildman–Crippen LogP) is 1.66. The molecule has 0 aliphatic rings. The Hall–Kier alpha value is -1.56. The summed E-state index contributed by atoms with van der Waals surface area (Å²) in [5, 5.41) is 2.73. The van der Waals surface area contributed by atoms with Crippen LogP contribution in [0.5, 0.6) is 0 Å². The van der Waals surface area contributed by atoms with Gasteiger partial charge in [-0.05, 0) is 37.5 Å². The van der Waals surface area contributed by atoms with Crippen LogP contribution in [0.25, 0.3) is 0 Å². The zero-order valence-corrected chi connectivity index (χ0v) is 13.0. The molecule has 0 aliphatic heterocycles. The first-order valence-electron chi connectivity index (χ1n) is 6.69. The Morgan fingerprint density at radius 3 is 2.45 bits per heavy atom. The Labute approximate surface area is 120 Å². The van der Waals surface area contributed by atoms with Gasteiger partial charge in [-0.15, -0.1) is 0 Å². The largest absolute Gasteiger partial charge is 0.398 e. The van der Waals surface area contributed by atoms with Crippen LogP contribution in [0.2, 0.25) is 0 Å². The summed E-state index contributed by atoms with van der Waals surface area (Å²) in [4.78, 5) is 12.0. The van der Waals surface area contributed by atoms with Gasteiger partial charge in [-0.25, -0.2) is 8.42 Å². The Balaban J connectivity index is 2.90. The van der Waals surface area contributed by atoms with Gasteiger partial charge in [0.1, 0.15) is 5.75 Å². The molecule has 0 saturated heterocycles. The van der Waals surface area contributed by atoms with Gasteiger partial charge in [0.15, 0.2) is 9.84 Å². The Morgan fingerprint density at radius 1 is 1.30 bits per heavy atom. The van der Waals surface area contributed by atoms with Crippen LogP contribution in [0.4, 0.5) is 5.69 Å². The lowest BCUT2D eigenvalue weighted by molar-refractivity contribution is -0.119. The molecule has 1 aromatic carbocycles. The van der Waals surface area contributed by atoms with Crippen molar-refractivity contribution in [3.05, 3.63) is 23.8 Å². The molecule has 0 bridgehead atoms. The number of nitrogens with one attached hydrogen (secondary N) is 1. The van der Waals surface area contributed by atoms with E-state index >= 15 is 0 Å². The van der Waals surface area contributed by atoms with Crippen molar-refractivity contribution in [2.24, 2.45) is 0 Å². The van der Waals surface area contributed by atoms with Crippen LogP contribution in [0, 0.1) is 6.92 Å². The summed E-state index contributed by atoms with van der Waals surface area (Å²) in [6, 6.07) is 4.71. The average molecular weight is 298 g/mol. The smallest absolute Gasteiger partial charge is 0.235 e. The van der Waals surface area contributed by atoms with Gasteiger partial charge >= 0.3 is 0 Å². The van der Waals surface area contributed by atoms with Gasteiger partial charge in [0.25, 0.3) is 0 Å². The Kier molecular flexibility index (Phi) is 5.56. The third kappa shape index (κ3) is 3.96. The van der Waals surface area contributed by atoms with Crippen LogP contribution in [0.3, 0.4) is 0 Å². The van der Waals surface area contributed by atoms with Crippen LogP contribution in [-0.4, -0.2) is 26.1 Å². The van der Waals surface area contributed by atoms with Crippen LogP contribution >= 0.6 is 0 Å². The van der Waals surface area contributed by atoms with E-state index in [-0.39, 0.29) is 10.9 Å². The molecule has 112 valence electrons. The number of benzene rings is 1. The summed E-state index contributed by atoms with van der Waals surface area (Å²) in [6.07, 6.45) is 1.55. The van der Waals surface area contributed by atoms with Crippen LogP contribution in [0.1, 0.15) is 32.3 Å². The van der Waals surface area contributed by atoms with Crippen molar-refractivity contribution in [3.63, 3.8) is 0 Å². The zero-order chi connectivity index (χ0) is 15.3. The molecule has 0 radical (unpaired) electrons. The van der Waals surface area contributed by atoms with E-state index in [4.69, 9.17) is 5.73 Å². The van der Waals surface area contributed by atoms with Crippen LogP contribution < -0.4 is 11.1 Å². The van der Waals surface area contributed by atoms with Gasteiger partial charge in [0.2, 0.25) is 5.91 Å². The van der Waals surface area contributed by atoms with E-state index in [0.717, 1.165) is 12.8 Å². The molecule has 0 spiro atoms. The van der Waals surface area contributed by atoms with Crippen molar-refractivity contribution in [1.82, 2.24) is 5.32 Å². The maximum absolute atomic E-state index is 12.3. The molecular formula is C14H22N2O3S. The standard InChI is InChI=1S/C14H22N2O3S/c1-4-11(5-2)16-14(17)9-20(18,19)13-8-6-7-12(15)10(13)3/h6-8,11H,4-5,9,15H2,1-3H3,(H,16,17). The zero-order valence-electron chi connectivity index (χ0n) is 12.1. The van der Waals surface area contributed by atoms with Gasteiger partial charge in [-0.1, -0.05) is 19.9 Å². The van der Waals surface area contributed by atoms with E-state index in [1.54, 1.807) is 19.1 Å². The van der Waals surface area contributed by atoms with E-state index in [1.165, 1.54) is 6.07 Å². The highest BCUT2D eigenvalue weighted by atomic mass is 32.2. The molecule has 3 N–H and O–H groups in total. The molecule has 1 rings (SSSR count). The number of carbonyl (C=O) groups excluding carboxylic acids is 1. The minimum absolute atomic E-state index is 0.0136. The second-order valence-electron chi connectivity index (χ2n) is 4.81. The molecule has 1 amide bonds. The highest BCUT2D eigenvalue weighted by Crippen LogP contribution is 2.21. The number of hydrogen-bond donors (Lipinski definition) is 2. The molecule has 6 heteroatoms. The van der Waals surface area contributed by atoms with E-state index in [9.17, 15) is 13.2 Å². The van der Waals surface area contributed by atoms with E-state index in [1.807, 2.05) is 13.8 Å². The second kappa shape index (κ2) is 6.74. The molecule has 0 atom stereocenters. The number of nitrogen functional groups attached to an aromatic ring is 1. The molecule has 5 nitrogen and oxygen atoms in total. The fourth-order valence-corrected chi connectivity index (χ4v) is 3.44. The van der Waals surface area contributed by atoms with Crippen molar-refractivity contribution in [1.29, 1.82) is 0 Å². The molecule has 0 saturated carbocycles. The summed E-state index contributed by atoms with van der Waals surface area (Å²) in [5.74, 6) is -1.02. The third-order valence-electron chi connectivity index (χ3n) is 3.33. The number of rotatable bonds is 6. The fraction of sp³-hybridized carbons (Fsp3) is 0.500. The van der Waals surface area contributed by atoms with Gasteiger partial charge < -0.3 is 11.1 Å². The minimum Gasteiger partial charge on any atom is -0.398 e. The Morgan fingerprint density at radius 2 is 1.90 bits per heavy atom. The summed E-state index contributed by atoms with van der Waals surface area (Å²) < 4.78 is 24.5. The topological polar surface area (TPSA) is 89.3 Å². The molecule has 0 heterocycles. The lowest BCUT2D eigenvalue weighted by Gasteiger charge is -2.15. The SMILES string of the molecule is CCC(CC)NC(=O)CS(=O)(=O)c1cccc(N)c1C. The molecule has 0 aromatic heterocycles. The van der Waals surface area contributed by atoms with Gasteiger partial charge in [0.05, 0.1) is 4.90 Å². The first-order valence-corrected chi connectivity index (χ1v) is 8.34. The molecule has 0 unspecified atom stereocenters. The lowest BCUT2D eigenvalue weighted by atomic mass is 10.2. The highest BCUT2D eigenvalue weighted by Gasteiger charge is 2.22. The lowest BCUT2D eigenvalue weighted by Crippen LogP contribution is -2.37. The van der Waals surface area contributed by atoms with Gasteiger partial charge in [0, 0.05) is 11.7 Å². The van der Waals surface area contributed by atoms with Crippen molar-refractivity contribution in [3.8, 4) is 0 Å². The first kappa shape index (κ1) is 16.5. The number of carbonyl (C=O) groups is 1. The van der Waals surface area contributed by atoms with Crippen molar-refractivity contribution in [2.45, 2.75) is 44.6 Å². The monoisotopic (exact) mass is 298 g/mol. The highest BCUT2D eigenvalue weighted by molar-refractivity contribution is 7.92. The molecular weight excluding hydrogens is 276 g/mol. The molecule has 0 aliphatic carbocycles. The van der Waals surface area contributed by atoms with Crippen LogP contribution in [0.15, 0.2) is 23.1 Å². The number of hydrogen-bond acceptors (Lipinski definition) is 4. The van der Waals surface area contributed by atoms with Crippen LogP contribution in [-0.2, 0) is 14.6 Å². The molecule has 0 fully saturated rings. The molecule has 20 heavy (non-hydrogen) atoms. The van der Waals surface area contributed by atoms with Crippen molar-refractivity contribution in [2.75, 3.05) is 11.5 Å². The summed E-state index contributed by atoms with van der Waals surface area (Å²) in [7, 11) is -3.67. The Bertz CT molecular complexity index is 578. The summed E-state index contributed by atoms with van der Waals surface area (Å²) in [5.41, 5.74) is 6.60. The number of nitrogens with two attached hydrogens (primary N) is 1. The quantitative estimate of drug-likeness (QED) is 0.782. The number of sulfone groups is 1. The van der Waals surface area contributed by atoms with Crippen molar-refractivity contribution >= 4 is 21.4 Å². The minimum atomic E-state index is -3.67. The number of anilines is 1. The average Bonchev–Trinajstić information content (AvgIpc) is 2.38. The first-order chi connectivity index (χ1) is 9.31. The third-order valence-corrected chi connectivity index (χ3v) is 5.09. The normalized spacial score (nSPS) is 11.6. The van der Waals surface area contributed by atoms with E-state index in [2.05, 4.69) is 5.32 Å². The summed E-state index contributed by atoms with van der Waals surface area (Å²) >= 11 is 0. The van der Waals surface area contributed by atoms with E-state index < -0.39 is 21.5 Å². The number of amides is 1. The van der Waals surface area contributed by atoms with Gasteiger partial charge in [-0.3, -0.25) is 4.79 Å². The predicted molar refractivity (Wildman–Crippen MR) is 80.2 cm³/mol. The maximum atomic E-state index is 12.3.